The molecule has 5 heteroatoms. The van der Waals surface area contributed by atoms with Gasteiger partial charge in [0, 0.05) is 11.1 Å². The quantitative estimate of drug-likeness (QED) is 0.882. The van der Waals surface area contributed by atoms with Gasteiger partial charge in [-0.15, -0.1) is 0 Å². The second-order valence-electron chi connectivity index (χ2n) is 4.38. The first-order valence-electron chi connectivity index (χ1n) is 6.51. The molecule has 2 aromatic rings. The van der Waals surface area contributed by atoms with Gasteiger partial charge in [-0.05, 0) is 19.2 Å². The Bertz CT molecular complexity index is 590. The minimum atomic E-state index is -2.86. The Morgan fingerprint density at radius 3 is 1.95 bits per heavy atom. The lowest BCUT2D eigenvalue weighted by atomic mass is 9.97. The van der Waals surface area contributed by atoms with Crippen molar-refractivity contribution in [2.24, 2.45) is 0 Å². The normalized spacial score (nSPS) is 12.2. The van der Waals surface area contributed by atoms with Crippen molar-refractivity contribution in [2.45, 2.75) is 12.7 Å². The highest BCUT2D eigenvalue weighted by atomic mass is 19.3. The van der Waals surface area contributed by atoms with Crippen molar-refractivity contribution in [3.8, 4) is 11.5 Å². The molecule has 0 aliphatic rings. The van der Waals surface area contributed by atoms with Gasteiger partial charge in [-0.25, -0.2) is 0 Å². The largest absolute Gasteiger partial charge is 0.496 e. The summed E-state index contributed by atoms with van der Waals surface area (Å²) in [5.74, 6) is 0.835. The maximum atomic E-state index is 12.5. The summed E-state index contributed by atoms with van der Waals surface area (Å²) in [6, 6.07) is 13.9. The topological polar surface area (TPSA) is 30.5 Å². The minimum Gasteiger partial charge on any atom is -0.496 e. The highest BCUT2D eigenvalue weighted by Gasteiger charge is 2.21. The Balaban J connectivity index is 2.46. The molecule has 2 rings (SSSR count). The molecule has 0 saturated heterocycles. The van der Waals surface area contributed by atoms with E-state index >= 15 is 0 Å². The van der Waals surface area contributed by atoms with Crippen LogP contribution in [0.4, 0.5) is 8.78 Å². The highest BCUT2D eigenvalue weighted by Crippen LogP contribution is 2.34. The van der Waals surface area contributed by atoms with E-state index in [1.54, 1.807) is 32.4 Å². The molecule has 21 heavy (non-hydrogen) atoms. The standard InChI is InChI=1S/C16H17F2NO2/c1-19-15(11-7-3-5-9-13(11)20-2)12-8-4-6-10-14(12)21-16(17)18/h3-10,15-16,19H,1-2H3. The molecule has 0 aliphatic carbocycles. The third-order valence-corrected chi connectivity index (χ3v) is 3.18. The number of ether oxygens (including phenoxy) is 2. The number of hydrogen-bond donors (Lipinski definition) is 1. The van der Waals surface area contributed by atoms with Crippen LogP contribution in [0.3, 0.4) is 0 Å². The van der Waals surface area contributed by atoms with E-state index in [2.05, 4.69) is 10.1 Å². The second kappa shape index (κ2) is 7.04. The summed E-state index contributed by atoms with van der Waals surface area (Å²) >= 11 is 0. The monoisotopic (exact) mass is 293 g/mol. The van der Waals surface area contributed by atoms with Crippen molar-refractivity contribution in [1.82, 2.24) is 5.32 Å². The van der Waals surface area contributed by atoms with Crippen LogP contribution in [0, 0.1) is 0 Å². The first kappa shape index (κ1) is 15.3. The molecule has 0 spiro atoms. The van der Waals surface area contributed by atoms with Crippen molar-refractivity contribution in [1.29, 1.82) is 0 Å². The summed E-state index contributed by atoms with van der Waals surface area (Å²) in [6.07, 6.45) is 0. The van der Waals surface area contributed by atoms with Gasteiger partial charge in [-0.3, -0.25) is 0 Å². The van der Waals surface area contributed by atoms with Crippen molar-refractivity contribution >= 4 is 0 Å². The fourth-order valence-corrected chi connectivity index (χ4v) is 2.31. The number of rotatable bonds is 6. The molecule has 3 nitrogen and oxygen atoms in total. The van der Waals surface area contributed by atoms with Crippen LogP contribution in [0.2, 0.25) is 0 Å². The third-order valence-electron chi connectivity index (χ3n) is 3.18. The van der Waals surface area contributed by atoms with Gasteiger partial charge in [0.05, 0.1) is 13.2 Å². The number of methoxy groups -OCH3 is 1. The third kappa shape index (κ3) is 3.49. The van der Waals surface area contributed by atoms with Gasteiger partial charge in [-0.1, -0.05) is 36.4 Å². The molecule has 0 radical (unpaired) electrons. The summed E-state index contributed by atoms with van der Waals surface area (Å²) in [4.78, 5) is 0. The average Bonchev–Trinajstić information content (AvgIpc) is 2.49. The second-order valence-corrected chi connectivity index (χ2v) is 4.38. The molecule has 2 aromatic carbocycles. The van der Waals surface area contributed by atoms with Gasteiger partial charge in [0.1, 0.15) is 11.5 Å². The fraction of sp³-hybridized carbons (Fsp3) is 0.250. The predicted molar refractivity (Wildman–Crippen MR) is 77.0 cm³/mol. The van der Waals surface area contributed by atoms with Crippen LogP contribution in [0.15, 0.2) is 48.5 Å². The van der Waals surface area contributed by atoms with Crippen molar-refractivity contribution in [2.75, 3.05) is 14.2 Å². The van der Waals surface area contributed by atoms with Crippen LogP contribution >= 0.6 is 0 Å². The van der Waals surface area contributed by atoms with Gasteiger partial charge < -0.3 is 14.8 Å². The first-order chi connectivity index (χ1) is 10.2. The molecule has 0 amide bonds. The van der Waals surface area contributed by atoms with Gasteiger partial charge in [-0.2, -0.15) is 8.78 Å². The van der Waals surface area contributed by atoms with E-state index in [0.29, 0.717) is 11.3 Å². The average molecular weight is 293 g/mol. The minimum absolute atomic E-state index is 0.151. The zero-order chi connectivity index (χ0) is 15.2. The Morgan fingerprint density at radius 2 is 1.43 bits per heavy atom. The van der Waals surface area contributed by atoms with Crippen LogP contribution in [0.25, 0.3) is 0 Å². The van der Waals surface area contributed by atoms with E-state index in [4.69, 9.17) is 4.74 Å². The van der Waals surface area contributed by atoms with Crippen molar-refractivity contribution < 1.29 is 18.3 Å². The zero-order valence-corrected chi connectivity index (χ0v) is 11.8. The van der Waals surface area contributed by atoms with E-state index in [0.717, 1.165) is 5.56 Å². The molecule has 0 aliphatic heterocycles. The fourth-order valence-electron chi connectivity index (χ4n) is 2.31. The maximum Gasteiger partial charge on any atom is 0.387 e. The van der Waals surface area contributed by atoms with Gasteiger partial charge in [0.2, 0.25) is 0 Å². The number of nitrogens with one attached hydrogen (secondary N) is 1. The molecule has 0 heterocycles. The van der Waals surface area contributed by atoms with E-state index in [9.17, 15) is 8.78 Å². The molecule has 1 unspecified atom stereocenters. The summed E-state index contributed by atoms with van der Waals surface area (Å²) in [7, 11) is 3.34. The Hall–Kier alpha value is -2.14. The number of hydrogen-bond acceptors (Lipinski definition) is 3. The van der Waals surface area contributed by atoms with Crippen LogP contribution < -0.4 is 14.8 Å². The number of para-hydroxylation sites is 2. The smallest absolute Gasteiger partial charge is 0.387 e. The Labute approximate surface area is 122 Å². The number of benzene rings is 2. The summed E-state index contributed by atoms with van der Waals surface area (Å²) in [6.45, 7) is -2.86. The summed E-state index contributed by atoms with van der Waals surface area (Å²) < 4.78 is 35.0. The highest BCUT2D eigenvalue weighted by molar-refractivity contribution is 5.46. The summed E-state index contributed by atoms with van der Waals surface area (Å²) in [5.41, 5.74) is 1.48. The Morgan fingerprint density at radius 1 is 0.905 bits per heavy atom. The molecule has 0 bridgehead atoms. The molecule has 0 fully saturated rings. The molecule has 0 aromatic heterocycles. The van der Waals surface area contributed by atoms with E-state index < -0.39 is 6.61 Å². The SMILES string of the molecule is CNC(c1ccccc1OC)c1ccccc1OC(F)F. The molecule has 112 valence electrons. The maximum absolute atomic E-state index is 12.5. The zero-order valence-electron chi connectivity index (χ0n) is 11.8. The molecular weight excluding hydrogens is 276 g/mol. The van der Waals surface area contributed by atoms with Crippen LogP contribution in [0.1, 0.15) is 17.2 Å². The van der Waals surface area contributed by atoms with Crippen LogP contribution in [0.5, 0.6) is 11.5 Å². The van der Waals surface area contributed by atoms with Crippen LogP contribution in [-0.2, 0) is 0 Å². The van der Waals surface area contributed by atoms with E-state index in [1.165, 1.54) is 6.07 Å². The molecule has 1 atom stereocenters. The lowest BCUT2D eigenvalue weighted by Crippen LogP contribution is -2.20. The van der Waals surface area contributed by atoms with E-state index in [-0.39, 0.29) is 11.8 Å². The lowest BCUT2D eigenvalue weighted by molar-refractivity contribution is -0.0506. The first-order valence-corrected chi connectivity index (χ1v) is 6.51. The van der Waals surface area contributed by atoms with Crippen molar-refractivity contribution in [3.63, 3.8) is 0 Å². The number of halogens is 2. The van der Waals surface area contributed by atoms with Crippen LogP contribution in [-0.4, -0.2) is 20.8 Å². The van der Waals surface area contributed by atoms with Gasteiger partial charge in [0.25, 0.3) is 0 Å². The van der Waals surface area contributed by atoms with Gasteiger partial charge >= 0.3 is 6.61 Å². The predicted octanol–water partition coefficient (Wildman–Crippen LogP) is 3.61. The molecular formula is C16H17F2NO2. The lowest BCUT2D eigenvalue weighted by Gasteiger charge is -2.22. The van der Waals surface area contributed by atoms with E-state index in [1.807, 2.05) is 24.3 Å². The summed E-state index contributed by atoms with van der Waals surface area (Å²) in [5, 5.41) is 3.12. The Kier molecular flexibility index (Phi) is 5.11. The van der Waals surface area contributed by atoms with Crippen molar-refractivity contribution in [3.05, 3.63) is 59.7 Å². The number of alkyl halides is 2. The molecule has 0 saturated carbocycles. The molecule has 1 N–H and O–H groups in total. The van der Waals surface area contributed by atoms with Gasteiger partial charge in [0.15, 0.2) is 0 Å².